The maximum atomic E-state index is 5.71. The van der Waals surface area contributed by atoms with Gasteiger partial charge in [0.05, 0.1) is 12.2 Å². The first-order valence-electron chi connectivity index (χ1n) is 5.06. The molecule has 0 fully saturated rings. The summed E-state index contributed by atoms with van der Waals surface area (Å²) in [4.78, 5) is 4.16. The minimum Gasteiger partial charge on any atom is -0.439 e. The molecule has 1 aromatic carbocycles. The predicted molar refractivity (Wildman–Crippen MR) is 67.0 cm³/mol. The zero-order valence-corrected chi connectivity index (χ0v) is 10.8. The van der Waals surface area contributed by atoms with Gasteiger partial charge in [0.2, 0.25) is 5.89 Å². The smallest absolute Gasteiger partial charge is 0.211 e. The highest BCUT2D eigenvalue weighted by molar-refractivity contribution is 9.10. The van der Waals surface area contributed by atoms with Gasteiger partial charge < -0.3 is 10.2 Å². The second kappa shape index (κ2) is 4.39. The van der Waals surface area contributed by atoms with E-state index in [4.69, 9.17) is 10.2 Å². The van der Waals surface area contributed by atoms with Crippen LogP contribution in [0.25, 0.3) is 11.3 Å². The number of nitrogens with two attached hydrogens (primary N) is 1. The zero-order chi connectivity index (χ0) is 11.7. The lowest BCUT2D eigenvalue weighted by atomic mass is 10.1. The molecule has 0 aliphatic rings. The molecule has 0 amide bonds. The highest BCUT2D eigenvalue weighted by Crippen LogP contribution is 2.29. The molecule has 0 aliphatic heterocycles. The fourth-order valence-electron chi connectivity index (χ4n) is 1.50. The maximum absolute atomic E-state index is 5.71. The second-order valence-corrected chi connectivity index (χ2v) is 4.62. The molecule has 0 bridgehead atoms. The van der Waals surface area contributed by atoms with E-state index < -0.39 is 0 Å². The van der Waals surface area contributed by atoms with Crippen molar-refractivity contribution in [2.75, 3.05) is 0 Å². The average molecular weight is 281 g/mol. The summed E-state index contributed by atoms with van der Waals surface area (Å²) in [5.41, 5.74) is 7.88. The van der Waals surface area contributed by atoms with Crippen LogP contribution in [0.15, 0.2) is 33.3 Å². The largest absolute Gasteiger partial charge is 0.439 e. The van der Waals surface area contributed by atoms with Gasteiger partial charge in [0.25, 0.3) is 0 Å². The van der Waals surface area contributed by atoms with Crippen molar-refractivity contribution in [3.63, 3.8) is 0 Å². The molecule has 2 rings (SSSR count). The second-order valence-electron chi connectivity index (χ2n) is 3.76. The van der Waals surface area contributed by atoms with Gasteiger partial charge in [-0.15, -0.1) is 0 Å². The third-order valence-electron chi connectivity index (χ3n) is 2.45. The van der Waals surface area contributed by atoms with Crippen LogP contribution in [0.2, 0.25) is 0 Å². The summed E-state index contributed by atoms with van der Waals surface area (Å²) in [6, 6.07) is 5.80. The summed E-state index contributed by atoms with van der Waals surface area (Å²) in [5, 5.41) is 0. The first-order valence-corrected chi connectivity index (χ1v) is 5.85. The van der Waals surface area contributed by atoms with Crippen LogP contribution >= 0.6 is 15.9 Å². The lowest BCUT2D eigenvalue weighted by Gasteiger charge is -2.04. The van der Waals surface area contributed by atoms with Gasteiger partial charge >= 0.3 is 0 Å². The molecule has 84 valence electrons. The number of benzene rings is 1. The molecule has 1 unspecified atom stereocenters. The van der Waals surface area contributed by atoms with E-state index in [2.05, 4.69) is 20.9 Å². The minimum absolute atomic E-state index is 0.179. The topological polar surface area (TPSA) is 52.0 Å². The molecule has 1 heterocycles. The Morgan fingerprint density at radius 2 is 2.19 bits per heavy atom. The Hall–Kier alpha value is -1.13. The number of halogens is 1. The van der Waals surface area contributed by atoms with Gasteiger partial charge in [0, 0.05) is 10.0 Å². The number of oxazole rings is 1. The van der Waals surface area contributed by atoms with E-state index in [1.807, 2.05) is 32.0 Å². The van der Waals surface area contributed by atoms with Crippen LogP contribution in [-0.2, 0) is 0 Å². The van der Waals surface area contributed by atoms with E-state index in [0.717, 1.165) is 21.4 Å². The summed E-state index contributed by atoms with van der Waals surface area (Å²) in [6.07, 6.45) is 1.72. The van der Waals surface area contributed by atoms with E-state index in [1.54, 1.807) is 6.20 Å². The Balaban J connectivity index is 2.47. The van der Waals surface area contributed by atoms with Crippen LogP contribution < -0.4 is 5.73 Å². The number of aromatic nitrogens is 1. The molecule has 0 saturated heterocycles. The molecular formula is C12H13BrN2O. The summed E-state index contributed by atoms with van der Waals surface area (Å²) in [6.45, 7) is 3.89. The summed E-state index contributed by atoms with van der Waals surface area (Å²) in [5.74, 6) is 1.32. The van der Waals surface area contributed by atoms with Crippen molar-refractivity contribution in [2.24, 2.45) is 5.73 Å². The van der Waals surface area contributed by atoms with E-state index in [9.17, 15) is 0 Å². The number of hydrogen-bond donors (Lipinski definition) is 1. The van der Waals surface area contributed by atoms with Crippen molar-refractivity contribution in [3.05, 3.63) is 40.3 Å². The number of rotatable bonds is 2. The zero-order valence-electron chi connectivity index (χ0n) is 9.20. The van der Waals surface area contributed by atoms with Crippen LogP contribution in [0.3, 0.4) is 0 Å². The van der Waals surface area contributed by atoms with Crippen LogP contribution in [0.4, 0.5) is 0 Å². The van der Waals surface area contributed by atoms with Gasteiger partial charge in [-0.3, -0.25) is 0 Å². The number of hydrogen-bond acceptors (Lipinski definition) is 3. The SMILES string of the molecule is Cc1c(Br)cccc1-c1cnc(C(C)N)o1. The van der Waals surface area contributed by atoms with Crippen molar-refractivity contribution in [1.29, 1.82) is 0 Å². The van der Waals surface area contributed by atoms with Crippen molar-refractivity contribution < 1.29 is 4.42 Å². The Bertz CT molecular complexity index is 505. The molecular weight excluding hydrogens is 268 g/mol. The maximum Gasteiger partial charge on any atom is 0.211 e. The molecule has 2 N–H and O–H groups in total. The standard InChI is InChI=1S/C12H13BrN2O/c1-7-9(4-3-5-10(7)13)11-6-15-12(16-11)8(2)14/h3-6,8H,14H2,1-2H3. The van der Waals surface area contributed by atoms with E-state index >= 15 is 0 Å². The highest BCUT2D eigenvalue weighted by atomic mass is 79.9. The molecule has 0 aliphatic carbocycles. The lowest BCUT2D eigenvalue weighted by Crippen LogP contribution is -2.04. The molecule has 3 nitrogen and oxygen atoms in total. The number of nitrogens with zero attached hydrogens (tertiary/aromatic N) is 1. The minimum atomic E-state index is -0.179. The molecule has 4 heteroatoms. The van der Waals surface area contributed by atoms with Gasteiger partial charge in [0.15, 0.2) is 5.76 Å². The van der Waals surface area contributed by atoms with Gasteiger partial charge in [-0.05, 0) is 25.5 Å². The molecule has 2 aromatic rings. The highest BCUT2D eigenvalue weighted by Gasteiger charge is 2.12. The third-order valence-corrected chi connectivity index (χ3v) is 3.31. The molecule has 0 radical (unpaired) electrons. The fraction of sp³-hybridized carbons (Fsp3) is 0.250. The summed E-state index contributed by atoms with van der Waals surface area (Å²) >= 11 is 3.49. The monoisotopic (exact) mass is 280 g/mol. The van der Waals surface area contributed by atoms with Gasteiger partial charge in [0.1, 0.15) is 0 Å². The quantitative estimate of drug-likeness (QED) is 0.917. The van der Waals surface area contributed by atoms with Gasteiger partial charge in [-0.25, -0.2) is 4.98 Å². The Kier molecular flexibility index (Phi) is 3.12. The van der Waals surface area contributed by atoms with Crippen LogP contribution in [0, 0.1) is 6.92 Å². The molecule has 0 saturated carbocycles. The first-order chi connectivity index (χ1) is 7.59. The van der Waals surface area contributed by atoms with E-state index in [0.29, 0.717) is 5.89 Å². The summed E-state index contributed by atoms with van der Waals surface area (Å²) < 4.78 is 6.67. The average Bonchev–Trinajstić information content (AvgIpc) is 2.71. The third kappa shape index (κ3) is 2.03. The first kappa shape index (κ1) is 11.4. The van der Waals surface area contributed by atoms with Crippen molar-refractivity contribution >= 4 is 15.9 Å². The molecule has 16 heavy (non-hydrogen) atoms. The molecule has 1 aromatic heterocycles. The van der Waals surface area contributed by atoms with Crippen LogP contribution in [0.5, 0.6) is 0 Å². The van der Waals surface area contributed by atoms with Gasteiger partial charge in [-0.2, -0.15) is 0 Å². The molecule has 1 atom stereocenters. The van der Waals surface area contributed by atoms with E-state index in [1.165, 1.54) is 0 Å². The summed E-state index contributed by atoms with van der Waals surface area (Å²) in [7, 11) is 0. The predicted octanol–water partition coefficient (Wildman–Crippen LogP) is 3.43. The molecule has 0 spiro atoms. The fourth-order valence-corrected chi connectivity index (χ4v) is 1.86. The van der Waals surface area contributed by atoms with Crippen LogP contribution in [-0.4, -0.2) is 4.98 Å². The van der Waals surface area contributed by atoms with Crippen molar-refractivity contribution in [1.82, 2.24) is 4.98 Å². The lowest BCUT2D eigenvalue weighted by molar-refractivity contribution is 0.473. The van der Waals surface area contributed by atoms with Gasteiger partial charge in [-0.1, -0.05) is 28.1 Å². The van der Waals surface area contributed by atoms with Crippen molar-refractivity contribution in [3.8, 4) is 11.3 Å². The Morgan fingerprint density at radius 1 is 1.44 bits per heavy atom. The Morgan fingerprint density at radius 3 is 2.81 bits per heavy atom. The normalized spacial score (nSPS) is 12.8. The van der Waals surface area contributed by atoms with E-state index in [-0.39, 0.29) is 6.04 Å². The van der Waals surface area contributed by atoms with Crippen molar-refractivity contribution in [2.45, 2.75) is 19.9 Å². The van der Waals surface area contributed by atoms with Crippen LogP contribution in [0.1, 0.15) is 24.4 Å². The Labute approximate surface area is 103 Å².